The van der Waals surface area contributed by atoms with Crippen molar-refractivity contribution in [1.82, 2.24) is 14.1 Å². The Morgan fingerprint density at radius 3 is 2.47 bits per heavy atom. The minimum Gasteiger partial charge on any atom is -0.455 e. The van der Waals surface area contributed by atoms with Crippen molar-refractivity contribution in [2.45, 2.75) is 26.4 Å². The van der Waals surface area contributed by atoms with Gasteiger partial charge >= 0.3 is 11.7 Å². The highest BCUT2D eigenvalue weighted by Gasteiger charge is 2.29. The number of hydrogen-bond acceptors (Lipinski definition) is 5. The summed E-state index contributed by atoms with van der Waals surface area (Å²) < 4.78 is 8.16. The molecule has 0 saturated carbocycles. The molecule has 0 spiro atoms. The van der Waals surface area contributed by atoms with Crippen molar-refractivity contribution in [1.29, 1.82) is 0 Å². The molecule has 8 heteroatoms. The standard InChI is InChI=1S/C22H22N4O4/c1-22(2,3)30-20(28)18-17(14-11-12(23)9-10-16(14)25(18)4)26-19(27)13-7-5-6-8-15(13)24-21(26)29/h5-11H,23H2,1-4H3,(H,24,29). The number of esters is 1. The molecule has 4 aromatic rings. The van der Waals surface area contributed by atoms with Gasteiger partial charge in [0.25, 0.3) is 5.56 Å². The van der Waals surface area contributed by atoms with E-state index < -0.39 is 22.8 Å². The van der Waals surface area contributed by atoms with E-state index in [1.165, 1.54) is 0 Å². The number of aryl methyl sites for hydroxylation is 1. The normalized spacial score (nSPS) is 11.9. The molecule has 30 heavy (non-hydrogen) atoms. The number of nitrogens with one attached hydrogen (secondary N) is 1. The van der Waals surface area contributed by atoms with Crippen LogP contribution in [0.4, 0.5) is 5.69 Å². The lowest BCUT2D eigenvalue weighted by molar-refractivity contribution is 0.00595. The van der Waals surface area contributed by atoms with Gasteiger partial charge in [-0.1, -0.05) is 12.1 Å². The minimum atomic E-state index is -0.759. The molecule has 0 radical (unpaired) electrons. The van der Waals surface area contributed by atoms with Crippen LogP contribution in [0.25, 0.3) is 27.5 Å². The summed E-state index contributed by atoms with van der Waals surface area (Å²) in [6.45, 7) is 5.25. The summed E-state index contributed by atoms with van der Waals surface area (Å²) >= 11 is 0. The lowest BCUT2D eigenvalue weighted by Crippen LogP contribution is -2.35. The van der Waals surface area contributed by atoms with Crippen LogP contribution >= 0.6 is 0 Å². The van der Waals surface area contributed by atoms with E-state index in [9.17, 15) is 14.4 Å². The number of para-hydroxylation sites is 1. The zero-order valence-corrected chi connectivity index (χ0v) is 17.1. The Balaban J connectivity index is 2.16. The molecule has 154 valence electrons. The number of nitrogen functional groups attached to an aromatic ring is 1. The maximum atomic E-state index is 13.3. The molecule has 4 rings (SSSR count). The zero-order valence-electron chi connectivity index (χ0n) is 17.1. The first kappa shape index (κ1) is 19.5. The number of benzene rings is 2. The molecule has 2 aromatic carbocycles. The van der Waals surface area contributed by atoms with Crippen LogP contribution in [-0.4, -0.2) is 25.7 Å². The van der Waals surface area contributed by atoms with Gasteiger partial charge in [-0.2, -0.15) is 0 Å². The van der Waals surface area contributed by atoms with E-state index in [0.29, 0.717) is 27.5 Å². The van der Waals surface area contributed by atoms with Crippen molar-refractivity contribution in [3.63, 3.8) is 0 Å². The van der Waals surface area contributed by atoms with E-state index in [4.69, 9.17) is 10.5 Å². The number of carbonyl (C=O) groups is 1. The number of aromatic amines is 1. The average molecular weight is 406 g/mol. The van der Waals surface area contributed by atoms with E-state index in [2.05, 4.69) is 4.98 Å². The second-order valence-corrected chi connectivity index (χ2v) is 8.15. The molecule has 0 unspecified atom stereocenters. The largest absolute Gasteiger partial charge is 0.455 e. The Bertz CT molecular complexity index is 1430. The molecular weight excluding hydrogens is 384 g/mol. The van der Waals surface area contributed by atoms with Crippen LogP contribution in [0.3, 0.4) is 0 Å². The summed E-state index contributed by atoms with van der Waals surface area (Å²) in [5.41, 5.74) is 5.76. The van der Waals surface area contributed by atoms with Gasteiger partial charge in [0.15, 0.2) is 5.69 Å². The monoisotopic (exact) mass is 406 g/mol. The zero-order chi connectivity index (χ0) is 21.8. The second kappa shape index (κ2) is 6.62. The van der Waals surface area contributed by atoms with E-state index in [0.717, 1.165) is 4.57 Å². The van der Waals surface area contributed by atoms with Gasteiger partial charge in [0, 0.05) is 18.1 Å². The lowest BCUT2D eigenvalue weighted by atomic mass is 10.1. The highest BCUT2D eigenvalue weighted by atomic mass is 16.6. The summed E-state index contributed by atoms with van der Waals surface area (Å²) in [6.07, 6.45) is 0. The molecule has 2 aromatic heterocycles. The molecule has 8 nitrogen and oxygen atoms in total. The topological polar surface area (TPSA) is 112 Å². The molecule has 0 aliphatic heterocycles. The fraction of sp³-hybridized carbons (Fsp3) is 0.227. The third-order valence-corrected chi connectivity index (χ3v) is 4.82. The molecule has 0 amide bonds. The number of aromatic nitrogens is 3. The minimum absolute atomic E-state index is 0.0911. The first-order valence-corrected chi connectivity index (χ1v) is 9.44. The van der Waals surface area contributed by atoms with Crippen LogP contribution in [0, 0.1) is 0 Å². The number of carbonyl (C=O) groups excluding carboxylic acids is 1. The first-order chi connectivity index (χ1) is 14.1. The summed E-state index contributed by atoms with van der Waals surface area (Å²) in [7, 11) is 1.68. The van der Waals surface area contributed by atoms with Crippen molar-refractivity contribution in [2.75, 3.05) is 5.73 Å². The number of rotatable bonds is 2. The molecule has 0 saturated heterocycles. The molecule has 0 bridgehead atoms. The molecule has 0 fully saturated rings. The highest BCUT2D eigenvalue weighted by Crippen LogP contribution is 2.30. The van der Waals surface area contributed by atoms with Gasteiger partial charge in [0.05, 0.1) is 22.1 Å². The molecular formula is C22H22N4O4. The Labute approximate surface area is 171 Å². The number of anilines is 1. The van der Waals surface area contributed by atoms with Crippen molar-refractivity contribution >= 4 is 33.5 Å². The first-order valence-electron chi connectivity index (χ1n) is 9.44. The van der Waals surface area contributed by atoms with Gasteiger partial charge in [0.1, 0.15) is 5.60 Å². The molecule has 2 heterocycles. The quantitative estimate of drug-likeness (QED) is 0.393. The fourth-order valence-electron chi connectivity index (χ4n) is 3.59. The van der Waals surface area contributed by atoms with Crippen LogP contribution < -0.4 is 17.0 Å². The fourth-order valence-corrected chi connectivity index (χ4v) is 3.59. The van der Waals surface area contributed by atoms with Gasteiger partial charge in [-0.05, 0) is 51.1 Å². The number of ether oxygens (including phenoxy) is 1. The van der Waals surface area contributed by atoms with Crippen molar-refractivity contribution in [3.05, 3.63) is 69.0 Å². The van der Waals surface area contributed by atoms with Gasteiger partial charge < -0.3 is 20.0 Å². The Kier molecular flexibility index (Phi) is 4.30. The number of nitrogens with two attached hydrogens (primary N) is 1. The number of nitrogens with zero attached hydrogens (tertiary/aromatic N) is 2. The van der Waals surface area contributed by atoms with Gasteiger partial charge in [-0.25, -0.2) is 14.2 Å². The predicted octanol–water partition coefficient (Wildman–Crippen LogP) is 2.71. The van der Waals surface area contributed by atoms with E-state index in [1.807, 2.05) is 0 Å². The van der Waals surface area contributed by atoms with E-state index in [-0.39, 0.29) is 11.4 Å². The maximum Gasteiger partial charge on any atom is 0.357 e. The second-order valence-electron chi connectivity index (χ2n) is 8.15. The SMILES string of the molecule is Cn1c(C(=O)OC(C)(C)C)c(-n2c(=O)[nH]c3ccccc3c2=O)c2cc(N)ccc21. The van der Waals surface area contributed by atoms with Crippen LogP contribution in [0.15, 0.2) is 52.1 Å². The smallest absolute Gasteiger partial charge is 0.357 e. The Morgan fingerprint density at radius 2 is 1.77 bits per heavy atom. The third-order valence-electron chi connectivity index (χ3n) is 4.82. The summed E-state index contributed by atoms with van der Waals surface area (Å²) in [5.74, 6) is -0.644. The molecule has 0 aliphatic rings. The van der Waals surface area contributed by atoms with E-state index >= 15 is 0 Å². The van der Waals surface area contributed by atoms with Gasteiger partial charge in [-0.15, -0.1) is 0 Å². The van der Waals surface area contributed by atoms with Gasteiger partial charge in [-0.3, -0.25) is 4.79 Å². The van der Waals surface area contributed by atoms with Gasteiger partial charge in [0.2, 0.25) is 0 Å². The Hall–Kier alpha value is -3.81. The third kappa shape index (κ3) is 3.06. The summed E-state index contributed by atoms with van der Waals surface area (Å²) in [5, 5.41) is 0.828. The summed E-state index contributed by atoms with van der Waals surface area (Å²) in [6, 6.07) is 11.8. The predicted molar refractivity (Wildman–Crippen MR) is 116 cm³/mol. The van der Waals surface area contributed by atoms with E-state index in [1.54, 1.807) is 74.9 Å². The molecule has 0 aliphatic carbocycles. The average Bonchev–Trinajstić information content (AvgIpc) is 2.92. The van der Waals surface area contributed by atoms with Crippen molar-refractivity contribution in [2.24, 2.45) is 7.05 Å². The molecule has 3 N–H and O–H groups in total. The Morgan fingerprint density at radius 1 is 1.07 bits per heavy atom. The number of hydrogen-bond donors (Lipinski definition) is 2. The van der Waals surface area contributed by atoms with Crippen LogP contribution in [0.2, 0.25) is 0 Å². The van der Waals surface area contributed by atoms with Crippen LogP contribution in [-0.2, 0) is 11.8 Å². The van der Waals surface area contributed by atoms with Crippen molar-refractivity contribution in [3.8, 4) is 5.69 Å². The lowest BCUT2D eigenvalue weighted by Gasteiger charge is -2.20. The van der Waals surface area contributed by atoms with Crippen LogP contribution in [0.1, 0.15) is 31.3 Å². The highest BCUT2D eigenvalue weighted by molar-refractivity contribution is 6.04. The number of H-pyrrole nitrogens is 1. The van der Waals surface area contributed by atoms with Crippen molar-refractivity contribution < 1.29 is 9.53 Å². The summed E-state index contributed by atoms with van der Waals surface area (Å²) in [4.78, 5) is 42.1. The number of fused-ring (bicyclic) bond motifs is 2. The maximum absolute atomic E-state index is 13.3. The van der Waals surface area contributed by atoms with Crippen LogP contribution in [0.5, 0.6) is 0 Å². The molecule has 0 atom stereocenters.